The van der Waals surface area contributed by atoms with Crippen LogP contribution in [0.5, 0.6) is 0 Å². The van der Waals surface area contributed by atoms with Crippen molar-refractivity contribution < 1.29 is 18.3 Å². The first kappa shape index (κ1) is 12.7. The second kappa shape index (κ2) is 4.81. The van der Waals surface area contributed by atoms with Crippen molar-refractivity contribution in [2.45, 2.75) is 38.6 Å². The fraction of sp³-hybridized carbons (Fsp3) is 1.00. The molecule has 0 aromatic rings. The molecule has 0 radical (unpaired) electrons. The topological polar surface area (TPSA) is 23.5 Å². The van der Waals surface area contributed by atoms with Crippen LogP contribution in [0.25, 0.3) is 0 Å². The first-order valence-corrected chi connectivity index (χ1v) is 4.23. The number of halogens is 3. The van der Waals surface area contributed by atoms with E-state index in [0.29, 0.717) is 6.54 Å². The van der Waals surface area contributed by atoms with Gasteiger partial charge in [0.25, 0.3) is 0 Å². The Labute approximate surface area is 76.3 Å². The van der Waals surface area contributed by atoms with Crippen LogP contribution in [0.2, 0.25) is 0 Å². The van der Waals surface area contributed by atoms with Crippen LogP contribution in [-0.2, 0) is 0 Å². The van der Waals surface area contributed by atoms with E-state index in [1.165, 1.54) is 0 Å². The van der Waals surface area contributed by atoms with Crippen LogP contribution < -0.4 is 0 Å². The Morgan fingerprint density at radius 1 is 1.38 bits per heavy atom. The van der Waals surface area contributed by atoms with Crippen LogP contribution in [0, 0.1) is 0 Å². The molecular formula is C8H16F3NO. The summed E-state index contributed by atoms with van der Waals surface area (Å²) in [5.74, 6) is 0. The van der Waals surface area contributed by atoms with Crippen LogP contribution in [-0.4, -0.2) is 41.9 Å². The van der Waals surface area contributed by atoms with Gasteiger partial charge in [-0.25, -0.2) is 0 Å². The molecule has 2 nitrogen and oxygen atoms in total. The van der Waals surface area contributed by atoms with E-state index in [1.807, 2.05) is 6.92 Å². The van der Waals surface area contributed by atoms with Gasteiger partial charge in [-0.3, -0.25) is 0 Å². The molecule has 0 fully saturated rings. The number of likely N-dealkylation sites (N-methyl/N-ethyl adjacent to an activating group) is 1. The third-order valence-corrected chi connectivity index (χ3v) is 2.19. The van der Waals surface area contributed by atoms with Gasteiger partial charge in [0.05, 0.1) is 12.5 Å². The average Bonchev–Trinajstić information content (AvgIpc) is 1.98. The van der Waals surface area contributed by atoms with Crippen molar-refractivity contribution in [1.29, 1.82) is 0 Å². The lowest BCUT2D eigenvalue weighted by atomic mass is 10.1. The zero-order chi connectivity index (χ0) is 10.6. The molecule has 0 bridgehead atoms. The number of hydrogen-bond donors (Lipinski definition) is 1. The molecule has 0 aromatic carbocycles. The third kappa shape index (κ3) is 5.10. The van der Waals surface area contributed by atoms with Gasteiger partial charge in [0, 0.05) is 6.04 Å². The number of alkyl halides is 3. The zero-order valence-corrected chi connectivity index (χ0v) is 8.10. The van der Waals surface area contributed by atoms with E-state index in [4.69, 9.17) is 0 Å². The largest absolute Gasteiger partial charge is 0.391 e. The molecule has 80 valence electrons. The minimum Gasteiger partial charge on any atom is -0.391 e. The molecule has 2 atom stereocenters. The highest BCUT2D eigenvalue weighted by Crippen LogP contribution is 2.23. The standard InChI is InChI=1S/C8H16F3NO/c1-4-12(3)6(2)7(13)5-8(9,10)11/h6-7,13H,4-5H2,1-3H3. The van der Waals surface area contributed by atoms with E-state index in [2.05, 4.69) is 0 Å². The molecule has 0 aliphatic rings. The Hall–Kier alpha value is -0.290. The highest BCUT2D eigenvalue weighted by atomic mass is 19.4. The molecule has 2 unspecified atom stereocenters. The smallest absolute Gasteiger partial charge is 0.391 e. The first-order chi connectivity index (χ1) is 5.78. The summed E-state index contributed by atoms with van der Waals surface area (Å²) in [6.45, 7) is 4.03. The third-order valence-electron chi connectivity index (χ3n) is 2.19. The quantitative estimate of drug-likeness (QED) is 0.744. The second-order valence-electron chi connectivity index (χ2n) is 3.20. The Kier molecular flexibility index (Phi) is 4.70. The Balaban J connectivity index is 4.03. The predicted molar refractivity (Wildman–Crippen MR) is 44.4 cm³/mol. The lowest BCUT2D eigenvalue weighted by Crippen LogP contribution is -2.40. The Morgan fingerprint density at radius 3 is 2.15 bits per heavy atom. The maximum absolute atomic E-state index is 11.9. The van der Waals surface area contributed by atoms with E-state index in [0.717, 1.165) is 0 Å². The van der Waals surface area contributed by atoms with Gasteiger partial charge in [0.1, 0.15) is 0 Å². The molecule has 13 heavy (non-hydrogen) atoms. The van der Waals surface area contributed by atoms with Crippen LogP contribution in [0.1, 0.15) is 20.3 Å². The highest BCUT2D eigenvalue weighted by Gasteiger charge is 2.34. The van der Waals surface area contributed by atoms with Crippen LogP contribution in [0.15, 0.2) is 0 Å². The summed E-state index contributed by atoms with van der Waals surface area (Å²) in [6, 6.07) is -0.466. The molecule has 1 N–H and O–H groups in total. The molecule has 0 saturated heterocycles. The van der Waals surface area contributed by atoms with E-state index in [-0.39, 0.29) is 0 Å². The first-order valence-electron chi connectivity index (χ1n) is 4.23. The lowest BCUT2D eigenvalue weighted by molar-refractivity contribution is -0.159. The average molecular weight is 199 g/mol. The van der Waals surface area contributed by atoms with Crippen molar-refractivity contribution >= 4 is 0 Å². The molecule has 5 heteroatoms. The number of aliphatic hydroxyl groups excluding tert-OH is 1. The van der Waals surface area contributed by atoms with Crippen molar-refractivity contribution in [3.63, 3.8) is 0 Å². The summed E-state index contributed by atoms with van der Waals surface area (Å²) < 4.78 is 35.6. The van der Waals surface area contributed by atoms with E-state index < -0.39 is 24.7 Å². The molecule has 0 rings (SSSR count). The Morgan fingerprint density at radius 2 is 1.85 bits per heavy atom. The van der Waals surface area contributed by atoms with Crippen molar-refractivity contribution in [2.75, 3.05) is 13.6 Å². The Bertz CT molecular complexity index is 149. The van der Waals surface area contributed by atoms with Crippen molar-refractivity contribution in [3.05, 3.63) is 0 Å². The minimum absolute atomic E-state index is 0.466. The van der Waals surface area contributed by atoms with Crippen LogP contribution in [0.4, 0.5) is 13.2 Å². The molecule has 0 aromatic heterocycles. The molecule has 0 spiro atoms. The van der Waals surface area contributed by atoms with E-state index >= 15 is 0 Å². The maximum Gasteiger partial charge on any atom is 0.391 e. The molecule has 0 aliphatic carbocycles. The van der Waals surface area contributed by atoms with Crippen molar-refractivity contribution in [1.82, 2.24) is 4.90 Å². The van der Waals surface area contributed by atoms with Crippen molar-refractivity contribution in [3.8, 4) is 0 Å². The summed E-state index contributed by atoms with van der Waals surface area (Å²) in [4.78, 5) is 1.68. The SMILES string of the molecule is CCN(C)C(C)C(O)CC(F)(F)F. The number of nitrogens with zero attached hydrogens (tertiary/aromatic N) is 1. The summed E-state index contributed by atoms with van der Waals surface area (Å²) in [5, 5.41) is 9.19. The second-order valence-corrected chi connectivity index (χ2v) is 3.20. The zero-order valence-electron chi connectivity index (χ0n) is 8.10. The summed E-state index contributed by atoms with van der Waals surface area (Å²) in [6.07, 6.45) is -6.77. The molecule has 0 saturated carbocycles. The van der Waals surface area contributed by atoms with E-state index in [1.54, 1.807) is 18.9 Å². The highest BCUT2D eigenvalue weighted by molar-refractivity contribution is 4.74. The van der Waals surface area contributed by atoms with Gasteiger partial charge in [-0.05, 0) is 20.5 Å². The van der Waals surface area contributed by atoms with Gasteiger partial charge in [-0.15, -0.1) is 0 Å². The van der Waals surface area contributed by atoms with Crippen LogP contribution >= 0.6 is 0 Å². The monoisotopic (exact) mass is 199 g/mol. The molecule has 0 amide bonds. The summed E-state index contributed by atoms with van der Waals surface area (Å²) in [5.41, 5.74) is 0. The fourth-order valence-electron chi connectivity index (χ4n) is 0.989. The van der Waals surface area contributed by atoms with Gasteiger partial charge in [-0.2, -0.15) is 13.2 Å². The molecular weight excluding hydrogens is 183 g/mol. The lowest BCUT2D eigenvalue weighted by Gasteiger charge is -2.28. The van der Waals surface area contributed by atoms with Gasteiger partial charge in [0.2, 0.25) is 0 Å². The number of aliphatic hydroxyl groups is 1. The van der Waals surface area contributed by atoms with Gasteiger partial charge < -0.3 is 10.0 Å². The van der Waals surface area contributed by atoms with Gasteiger partial charge in [0.15, 0.2) is 0 Å². The maximum atomic E-state index is 11.9. The fourth-order valence-corrected chi connectivity index (χ4v) is 0.989. The summed E-state index contributed by atoms with van der Waals surface area (Å²) in [7, 11) is 1.68. The van der Waals surface area contributed by atoms with Gasteiger partial charge in [-0.1, -0.05) is 6.92 Å². The van der Waals surface area contributed by atoms with Gasteiger partial charge >= 0.3 is 6.18 Å². The number of rotatable bonds is 4. The normalized spacial score (nSPS) is 17.5. The number of hydrogen-bond acceptors (Lipinski definition) is 2. The van der Waals surface area contributed by atoms with Crippen molar-refractivity contribution in [2.24, 2.45) is 0 Å². The summed E-state index contributed by atoms with van der Waals surface area (Å²) >= 11 is 0. The van der Waals surface area contributed by atoms with E-state index in [9.17, 15) is 18.3 Å². The molecule has 0 aliphatic heterocycles. The molecule has 0 heterocycles. The predicted octanol–water partition coefficient (Wildman–Crippen LogP) is 1.64. The minimum atomic E-state index is -4.29. The van der Waals surface area contributed by atoms with Crippen LogP contribution in [0.3, 0.4) is 0 Å².